The van der Waals surface area contributed by atoms with Gasteiger partial charge in [-0.1, -0.05) is 11.3 Å². The van der Waals surface area contributed by atoms with E-state index >= 15 is 0 Å². The van der Waals surface area contributed by atoms with Crippen molar-refractivity contribution in [1.29, 1.82) is 0 Å². The van der Waals surface area contributed by atoms with Crippen LogP contribution in [0.4, 0.5) is 4.79 Å². The monoisotopic (exact) mass is 421 g/mol. The van der Waals surface area contributed by atoms with Gasteiger partial charge in [0.1, 0.15) is 17.1 Å². The van der Waals surface area contributed by atoms with Crippen molar-refractivity contribution in [2.75, 3.05) is 13.1 Å². The predicted octanol–water partition coefficient (Wildman–Crippen LogP) is 3.57. The molecule has 2 atom stereocenters. The van der Waals surface area contributed by atoms with Gasteiger partial charge < -0.3 is 19.8 Å². The summed E-state index contributed by atoms with van der Waals surface area (Å²) in [5.41, 5.74) is 6.97. The molecule has 2 N–H and O–H groups in total. The van der Waals surface area contributed by atoms with Crippen LogP contribution in [-0.2, 0) is 6.54 Å². The number of carbonyl (C=O) groups excluding carboxylic acids is 1. The van der Waals surface area contributed by atoms with E-state index in [0.717, 1.165) is 40.9 Å². The minimum absolute atomic E-state index is 0.222. The highest BCUT2D eigenvalue weighted by atomic mass is 32.1. The first-order chi connectivity index (χ1) is 14.6. The summed E-state index contributed by atoms with van der Waals surface area (Å²) < 4.78 is 13.0. The number of hydrogen-bond acceptors (Lipinski definition) is 7. The number of nitrogens with zero attached hydrogens (tertiary/aromatic N) is 4. The first-order valence-electron chi connectivity index (χ1n) is 9.84. The molecule has 8 nitrogen and oxygen atoms in total. The maximum absolute atomic E-state index is 11.5. The molecular weight excluding hydrogens is 402 g/mol. The Morgan fingerprint density at radius 1 is 1.27 bits per heavy atom. The number of pyridine rings is 1. The lowest BCUT2D eigenvalue weighted by atomic mass is 10.2. The van der Waals surface area contributed by atoms with Crippen LogP contribution in [0.15, 0.2) is 47.0 Å². The molecule has 152 valence electrons. The van der Waals surface area contributed by atoms with E-state index in [0.29, 0.717) is 29.2 Å². The zero-order valence-corrected chi connectivity index (χ0v) is 16.8. The number of aromatic nitrogens is 2. The minimum atomic E-state index is -0.317. The van der Waals surface area contributed by atoms with Crippen LogP contribution in [0.1, 0.15) is 12.2 Å². The van der Waals surface area contributed by atoms with E-state index in [9.17, 15) is 4.79 Å². The van der Waals surface area contributed by atoms with Crippen molar-refractivity contribution < 1.29 is 13.9 Å². The van der Waals surface area contributed by atoms with Crippen LogP contribution < -0.4 is 10.5 Å². The number of carbonyl (C=O) groups is 1. The first-order valence-corrected chi connectivity index (χ1v) is 10.7. The molecule has 9 heteroatoms. The number of thiazole rings is 1. The molecule has 0 unspecified atom stereocenters. The Bertz CT molecular complexity index is 1230. The molecular formula is C21H19N5O3S. The van der Waals surface area contributed by atoms with Crippen LogP contribution in [0.3, 0.4) is 0 Å². The Morgan fingerprint density at radius 3 is 3.00 bits per heavy atom. The summed E-state index contributed by atoms with van der Waals surface area (Å²) in [5.74, 6) is 1.62. The summed E-state index contributed by atoms with van der Waals surface area (Å²) >= 11 is 1.47. The van der Waals surface area contributed by atoms with E-state index < -0.39 is 0 Å². The lowest BCUT2D eigenvalue weighted by Gasteiger charge is -2.32. The Labute approximate surface area is 175 Å². The molecule has 4 aromatic rings. The number of primary amides is 1. The molecule has 2 amide bonds. The molecule has 5 heterocycles. The van der Waals surface area contributed by atoms with Gasteiger partial charge in [0, 0.05) is 36.8 Å². The number of fused-ring (bicyclic) bond motifs is 4. The number of furan rings is 1. The lowest BCUT2D eigenvalue weighted by Crippen LogP contribution is -2.50. The van der Waals surface area contributed by atoms with Crippen LogP contribution in [0.2, 0.25) is 0 Å². The van der Waals surface area contributed by atoms with Gasteiger partial charge in [0.05, 0.1) is 11.2 Å². The summed E-state index contributed by atoms with van der Waals surface area (Å²) in [5, 5.41) is 1.56. The summed E-state index contributed by atoms with van der Waals surface area (Å²) in [6.45, 7) is 2.27. The number of urea groups is 1. The third kappa shape index (κ3) is 2.98. The third-order valence-electron chi connectivity index (χ3n) is 5.89. The first kappa shape index (κ1) is 17.7. The van der Waals surface area contributed by atoms with Gasteiger partial charge in [-0.25, -0.2) is 9.78 Å². The topological polar surface area (TPSA) is 97.7 Å². The average molecular weight is 421 g/mol. The number of amides is 2. The Balaban J connectivity index is 1.19. The number of piperazine rings is 1. The zero-order valence-electron chi connectivity index (χ0n) is 16.0. The maximum Gasteiger partial charge on any atom is 0.315 e. The van der Waals surface area contributed by atoms with Gasteiger partial charge in [-0.2, -0.15) is 4.98 Å². The fourth-order valence-corrected chi connectivity index (χ4v) is 5.32. The number of rotatable bonds is 4. The number of hydrogen-bond donors (Lipinski definition) is 1. The van der Waals surface area contributed by atoms with E-state index in [-0.39, 0.29) is 12.1 Å². The van der Waals surface area contributed by atoms with Gasteiger partial charge >= 0.3 is 6.03 Å². The lowest BCUT2D eigenvalue weighted by molar-refractivity contribution is 0.132. The van der Waals surface area contributed by atoms with Crippen molar-refractivity contribution in [2.45, 2.75) is 25.0 Å². The van der Waals surface area contributed by atoms with Crippen LogP contribution in [0.25, 0.3) is 21.3 Å². The van der Waals surface area contributed by atoms with E-state index in [1.807, 2.05) is 30.3 Å². The van der Waals surface area contributed by atoms with E-state index in [1.165, 1.54) is 11.3 Å². The number of likely N-dealkylation sites (tertiary alicyclic amines) is 2. The molecule has 6 rings (SSSR count). The molecule has 2 aliphatic rings. The normalized spacial score (nSPS) is 21.1. The van der Waals surface area contributed by atoms with Crippen molar-refractivity contribution in [3.63, 3.8) is 0 Å². The summed E-state index contributed by atoms with van der Waals surface area (Å²) in [6.07, 6.45) is 2.71. The molecule has 0 spiro atoms. The van der Waals surface area contributed by atoms with Gasteiger partial charge in [-0.15, -0.1) is 0 Å². The van der Waals surface area contributed by atoms with Crippen LogP contribution >= 0.6 is 11.3 Å². The highest BCUT2D eigenvalue weighted by Crippen LogP contribution is 2.34. The number of ether oxygens (including phenoxy) is 1. The largest absolute Gasteiger partial charge is 0.460 e. The van der Waals surface area contributed by atoms with Crippen molar-refractivity contribution in [1.82, 2.24) is 19.8 Å². The number of nitrogens with two attached hydrogens (primary N) is 1. The van der Waals surface area contributed by atoms with Crippen LogP contribution in [0, 0.1) is 0 Å². The summed E-state index contributed by atoms with van der Waals surface area (Å²) in [4.78, 5) is 24.3. The fourth-order valence-electron chi connectivity index (χ4n) is 4.52. The van der Waals surface area contributed by atoms with Gasteiger partial charge in [0.25, 0.3) is 5.19 Å². The molecule has 2 saturated heterocycles. The second-order valence-electron chi connectivity index (χ2n) is 7.78. The predicted molar refractivity (Wildman–Crippen MR) is 113 cm³/mol. The van der Waals surface area contributed by atoms with Crippen LogP contribution in [-0.4, -0.2) is 51.0 Å². The molecule has 2 bridgehead atoms. The molecule has 3 aromatic heterocycles. The van der Waals surface area contributed by atoms with Crippen molar-refractivity contribution in [3.05, 3.63) is 48.4 Å². The molecule has 0 radical (unpaired) electrons. The highest BCUT2D eigenvalue weighted by Gasteiger charge is 2.44. The zero-order chi connectivity index (χ0) is 20.2. The Kier molecular flexibility index (Phi) is 3.93. The van der Waals surface area contributed by atoms with E-state index in [1.54, 1.807) is 11.1 Å². The summed E-state index contributed by atoms with van der Waals surface area (Å²) in [6, 6.07) is 12.0. The minimum Gasteiger partial charge on any atom is -0.460 e. The van der Waals surface area contributed by atoms with Crippen molar-refractivity contribution >= 4 is 38.7 Å². The van der Waals surface area contributed by atoms with Gasteiger partial charge in [-0.05, 0) is 42.8 Å². The van der Waals surface area contributed by atoms with Crippen LogP contribution in [0.5, 0.6) is 10.9 Å². The van der Waals surface area contributed by atoms with Crippen molar-refractivity contribution in [3.8, 4) is 10.9 Å². The second-order valence-corrected chi connectivity index (χ2v) is 8.78. The molecule has 0 saturated carbocycles. The molecule has 1 aromatic carbocycles. The van der Waals surface area contributed by atoms with Gasteiger partial charge in [0.2, 0.25) is 0 Å². The summed E-state index contributed by atoms with van der Waals surface area (Å²) in [7, 11) is 0. The third-order valence-corrected chi connectivity index (χ3v) is 6.77. The standard InChI is InChI=1S/C21H19N5O3S/c22-20(27)26-10-13-8-14(26)9-25(13)11-16-7-12-6-15(3-4-17(12)28-16)29-21-24-19-18(30-21)2-1-5-23-19/h1-7,13-14H,8-11H2,(H2,22,27)/t13-,14+/m0/s1. The average Bonchev–Trinajstić information content (AvgIpc) is 3.49. The van der Waals surface area contributed by atoms with E-state index in [4.69, 9.17) is 14.9 Å². The molecule has 0 aliphatic carbocycles. The van der Waals surface area contributed by atoms with Gasteiger partial charge in [-0.3, -0.25) is 4.90 Å². The quantitative estimate of drug-likeness (QED) is 0.541. The molecule has 2 fully saturated rings. The maximum atomic E-state index is 11.5. The van der Waals surface area contributed by atoms with E-state index in [2.05, 4.69) is 20.9 Å². The molecule has 2 aliphatic heterocycles. The van der Waals surface area contributed by atoms with Gasteiger partial charge in [0.15, 0.2) is 5.65 Å². The SMILES string of the molecule is NC(=O)N1C[C@@H]2C[C@@H]1CN2Cc1cc2cc(Oc3nc4ncccc4s3)ccc2o1. The number of benzene rings is 1. The fraction of sp³-hybridized carbons (Fsp3) is 0.286. The Morgan fingerprint density at radius 2 is 2.20 bits per heavy atom. The smallest absolute Gasteiger partial charge is 0.315 e. The Hall–Kier alpha value is -3.17. The van der Waals surface area contributed by atoms with Crippen molar-refractivity contribution in [2.24, 2.45) is 5.73 Å². The second kappa shape index (κ2) is 6.68. The molecule has 30 heavy (non-hydrogen) atoms. The highest BCUT2D eigenvalue weighted by molar-refractivity contribution is 7.20.